The third-order valence-electron chi connectivity index (χ3n) is 4.42. The first-order chi connectivity index (χ1) is 7.22. The summed E-state index contributed by atoms with van der Waals surface area (Å²) in [6.07, 6.45) is 9.35. The molecule has 2 heteroatoms. The molecule has 0 atom stereocenters. The van der Waals surface area contributed by atoms with Crippen LogP contribution < -0.4 is 5.73 Å². The van der Waals surface area contributed by atoms with Crippen LogP contribution in [-0.2, 0) is 0 Å². The van der Waals surface area contributed by atoms with E-state index in [1.54, 1.807) is 0 Å². The van der Waals surface area contributed by atoms with Crippen LogP contribution in [0.1, 0.15) is 51.9 Å². The van der Waals surface area contributed by atoms with Gasteiger partial charge in [0.15, 0.2) is 0 Å². The molecule has 0 aromatic rings. The fraction of sp³-hybridized carbons (Fsp3) is 1.00. The average molecular weight is 210 g/mol. The van der Waals surface area contributed by atoms with Crippen molar-refractivity contribution in [2.45, 2.75) is 57.4 Å². The third kappa shape index (κ3) is 2.94. The lowest BCUT2D eigenvalue weighted by molar-refractivity contribution is 0.147. The van der Waals surface area contributed by atoms with E-state index >= 15 is 0 Å². The predicted molar refractivity (Wildman–Crippen MR) is 64.8 cm³/mol. The van der Waals surface area contributed by atoms with Crippen LogP contribution in [-0.4, -0.2) is 30.1 Å². The van der Waals surface area contributed by atoms with Gasteiger partial charge in [0, 0.05) is 12.1 Å². The molecule has 15 heavy (non-hydrogen) atoms. The van der Waals surface area contributed by atoms with Gasteiger partial charge < -0.3 is 10.6 Å². The van der Waals surface area contributed by atoms with Crippen molar-refractivity contribution in [3.05, 3.63) is 0 Å². The van der Waals surface area contributed by atoms with E-state index < -0.39 is 0 Å². The van der Waals surface area contributed by atoms with Gasteiger partial charge in [-0.05, 0) is 44.7 Å². The Kier molecular flexibility index (Phi) is 3.68. The topological polar surface area (TPSA) is 29.3 Å². The molecule has 0 bridgehead atoms. The molecule has 2 aliphatic rings. The number of hydrogen-bond acceptors (Lipinski definition) is 2. The van der Waals surface area contributed by atoms with Gasteiger partial charge in [0.1, 0.15) is 0 Å². The highest BCUT2D eigenvalue weighted by molar-refractivity contribution is 4.92. The van der Waals surface area contributed by atoms with E-state index in [4.69, 9.17) is 5.73 Å². The SMILES string of the molecule is CCC1CCN(CC2(N)CCCC2)CC1. The second kappa shape index (κ2) is 4.84. The average Bonchev–Trinajstić information content (AvgIpc) is 2.66. The molecular weight excluding hydrogens is 184 g/mol. The Morgan fingerprint density at radius 2 is 1.80 bits per heavy atom. The molecule has 0 aromatic heterocycles. The smallest absolute Gasteiger partial charge is 0.0283 e. The molecule has 0 spiro atoms. The van der Waals surface area contributed by atoms with Gasteiger partial charge in [-0.1, -0.05) is 26.2 Å². The van der Waals surface area contributed by atoms with Crippen molar-refractivity contribution in [3.8, 4) is 0 Å². The van der Waals surface area contributed by atoms with Crippen LogP contribution in [0.15, 0.2) is 0 Å². The van der Waals surface area contributed by atoms with Gasteiger partial charge in [0.25, 0.3) is 0 Å². The summed E-state index contributed by atoms with van der Waals surface area (Å²) in [7, 11) is 0. The monoisotopic (exact) mass is 210 g/mol. The molecule has 2 fully saturated rings. The predicted octanol–water partition coefficient (Wildman–Crippen LogP) is 2.38. The van der Waals surface area contributed by atoms with Crippen molar-refractivity contribution in [2.24, 2.45) is 11.7 Å². The quantitative estimate of drug-likeness (QED) is 0.775. The fourth-order valence-corrected chi connectivity index (χ4v) is 3.24. The molecule has 2 N–H and O–H groups in total. The molecule has 2 rings (SSSR count). The summed E-state index contributed by atoms with van der Waals surface area (Å²) in [6.45, 7) is 6.06. The van der Waals surface area contributed by atoms with Crippen molar-refractivity contribution in [1.82, 2.24) is 4.90 Å². The Balaban J connectivity index is 1.76. The zero-order chi connectivity index (χ0) is 10.7. The minimum Gasteiger partial charge on any atom is -0.324 e. The zero-order valence-electron chi connectivity index (χ0n) is 10.2. The molecule has 88 valence electrons. The minimum absolute atomic E-state index is 0.166. The Morgan fingerprint density at radius 1 is 1.20 bits per heavy atom. The normalized spacial score (nSPS) is 28.4. The molecule has 0 amide bonds. The number of piperidine rings is 1. The van der Waals surface area contributed by atoms with Crippen molar-refractivity contribution < 1.29 is 0 Å². The summed E-state index contributed by atoms with van der Waals surface area (Å²) in [4.78, 5) is 2.61. The molecule has 1 aliphatic carbocycles. The van der Waals surface area contributed by atoms with Crippen molar-refractivity contribution in [3.63, 3.8) is 0 Å². The van der Waals surface area contributed by atoms with Crippen molar-refractivity contribution in [1.29, 1.82) is 0 Å². The van der Waals surface area contributed by atoms with Crippen LogP contribution in [0.2, 0.25) is 0 Å². The second-order valence-corrected chi connectivity index (χ2v) is 5.70. The molecule has 0 radical (unpaired) electrons. The van der Waals surface area contributed by atoms with Crippen molar-refractivity contribution >= 4 is 0 Å². The van der Waals surface area contributed by atoms with Crippen LogP contribution in [0, 0.1) is 5.92 Å². The lowest BCUT2D eigenvalue weighted by atomic mass is 9.92. The molecule has 0 aromatic carbocycles. The minimum atomic E-state index is 0.166. The summed E-state index contributed by atoms with van der Waals surface area (Å²) in [5.74, 6) is 0.985. The summed E-state index contributed by atoms with van der Waals surface area (Å²) in [6, 6.07) is 0. The molecule has 2 nitrogen and oxygen atoms in total. The number of likely N-dealkylation sites (tertiary alicyclic amines) is 1. The second-order valence-electron chi connectivity index (χ2n) is 5.70. The highest BCUT2D eigenvalue weighted by Gasteiger charge is 2.32. The summed E-state index contributed by atoms with van der Waals surface area (Å²) >= 11 is 0. The van der Waals surface area contributed by atoms with E-state index in [1.165, 1.54) is 58.0 Å². The standard InChI is InChI=1S/C13H26N2/c1-2-12-5-9-15(10-6-12)11-13(14)7-3-4-8-13/h12H,2-11,14H2,1H3. The van der Waals surface area contributed by atoms with Gasteiger partial charge in [0.05, 0.1) is 0 Å². The highest BCUT2D eigenvalue weighted by atomic mass is 15.2. The van der Waals surface area contributed by atoms with Gasteiger partial charge >= 0.3 is 0 Å². The van der Waals surface area contributed by atoms with E-state index in [0.29, 0.717) is 0 Å². The zero-order valence-corrected chi connectivity index (χ0v) is 10.2. The maximum atomic E-state index is 6.42. The Morgan fingerprint density at radius 3 is 2.33 bits per heavy atom. The molecule has 1 saturated heterocycles. The van der Waals surface area contributed by atoms with Crippen LogP contribution in [0.25, 0.3) is 0 Å². The van der Waals surface area contributed by atoms with Crippen LogP contribution in [0.5, 0.6) is 0 Å². The maximum Gasteiger partial charge on any atom is 0.0283 e. The van der Waals surface area contributed by atoms with Crippen molar-refractivity contribution in [2.75, 3.05) is 19.6 Å². The van der Waals surface area contributed by atoms with E-state index in [-0.39, 0.29) is 5.54 Å². The van der Waals surface area contributed by atoms with Gasteiger partial charge in [0.2, 0.25) is 0 Å². The molecule has 1 aliphatic heterocycles. The van der Waals surface area contributed by atoms with E-state index in [1.807, 2.05) is 0 Å². The highest BCUT2D eigenvalue weighted by Crippen LogP contribution is 2.29. The summed E-state index contributed by atoms with van der Waals surface area (Å²) in [5.41, 5.74) is 6.58. The molecule has 1 saturated carbocycles. The Labute approximate surface area is 94.2 Å². The van der Waals surface area contributed by atoms with E-state index in [0.717, 1.165) is 12.5 Å². The molecular formula is C13H26N2. The van der Waals surface area contributed by atoms with Crippen LogP contribution in [0.4, 0.5) is 0 Å². The number of rotatable bonds is 3. The summed E-state index contributed by atoms with van der Waals surface area (Å²) in [5, 5.41) is 0. The van der Waals surface area contributed by atoms with E-state index in [9.17, 15) is 0 Å². The maximum absolute atomic E-state index is 6.42. The molecule has 1 heterocycles. The Bertz CT molecular complexity index is 189. The van der Waals surface area contributed by atoms with Gasteiger partial charge in [-0.15, -0.1) is 0 Å². The lowest BCUT2D eigenvalue weighted by Crippen LogP contribution is -2.50. The molecule has 0 unspecified atom stereocenters. The first kappa shape index (κ1) is 11.4. The number of nitrogens with zero attached hydrogens (tertiary/aromatic N) is 1. The van der Waals surface area contributed by atoms with Gasteiger partial charge in [-0.2, -0.15) is 0 Å². The number of nitrogens with two attached hydrogens (primary N) is 1. The van der Waals surface area contributed by atoms with Gasteiger partial charge in [-0.3, -0.25) is 0 Å². The fourth-order valence-electron chi connectivity index (χ4n) is 3.24. The van der Waals surface area contributed by atoms with Crippen LogP contribution >= 0.6 is 0 Å². The third-order valence-corrected chi connectivity index (χ3v) is 4.42. The van der Waals surface area contributed by atoms with E-state index in [2.05, 4.69) is 11.8 Å². The largest absolute Gasteiger partial charge is 0.324 e. The number of hydrogen-bond donors (Lipinski definition) is 1. The van der Waals surface area contributed by atoms with Gasteiger partial charge in [-0.25, -0.2) is 0 Å². The first-order valence-corrected chi connectivity index (χ1v) is 6.73. The van der Waals surface area contributed by atoms with Crippen LogP contribution in [0.3, 0.4) is 0 Å². The first-order valence-electron chi connectivity index (χ1n) is 6.73. The lowest BCUT2D eigenvalue weighted by Gasteiger charge is -2.37. The summed E-state index contributed by atoms with van der Waals surface area (Å²) < 4.78 is 0. The Hall–Kier alpha value is -0.0800.